The van der Waals surface area contributed by atoms with Crippen LogP contribution in [0.3, 0.4) is 0 Å². The zero-order valence-electron chi connectivity index (χ0n) is 12.1. The second-order valence-electron chi connectivity index (χ2n) is 4.34. The number of aromatic nitrogens is 1. The first-order valence-electron chi connectivity index (χ1n) is 6.33. The van der Waals surface area contributed by atoms with Gasteiger partial charge in [-0.3, -0.25) is 4.79 Å². The Kier molecular flexibility index (Phi) is 4.65. The van der Waals surface area contributed by atoms with Crippen molar-refractivity contribution in [1.29, 1.82) is 0 Å². The average Bonchev–Trinajstić information content (AvgIpc) is 2.54. The van der Waals surface area contributed by atoms with Crippen molar-refractivity contribution < 1.29 is 9.53 Å². The molecule has 1 heterocycles. The second kappa shape index (κ2) is 6.45. The van der Waals surface area contributed by atoms with Gasteiger partial charge in [-0.15, -0.1) is 0 Å². The van der Waals surface area contributed by atoms with Gasteiger partial charge in [0.25, 0.3) is 5.91 Å². The maximum Gasteiger partial charge on any atom is 0.278 e. The van der Waals surface area contributed by atoms with Gasteiger partial charge in [-0.2, -0.15) is 0 Å². The number of nitrogens with zero attached hydrogens (tertiary/aromatic N) is 2. The van der Waals surface area contributed by atoms with E-state index in [0.29, 0.717) is 10.8 Å². The first kappa shape index (κ1) is 15.1. The van der Waals surface area contributed by atoms with Crippen molar-refractivity contribution in [2.75, 3.05) is 31.4 Å². The fourth-order valence-corrected chi connectivity index (χ4v) is 2.00. The molecule has 1 aromatic carbocycles. The van der Waals surface area contributed by atoms with E-state index in [0.717, 1.165) is 11.4 Å². The summed E-state index contributed by atoms with van der Waals surface area (Å²) < 4.78 is 5.10. The fourth-order valence-electron chi connectivity index (χ4n) is 1.81. The number of hydrogen-bond acceptors (Lipinski definition) is 4. The van der Waals surface area contributed by atoms with Crippen molar-refractivity contribution in [1.82, 2.24) is 4.98 Å². The number of nitrogens with one attached hydrogen (secondary N) is 1. The molecule has 0 spiro atoms. The van der Waals surface area contributed by atoms with E-state index < -0.39 is 0 Å². The predicted molar refractivity (Wildman–Crippen MR) is 84.5 cm³/mol. The molecule has 0 unspecified atom stereocenters. The Balaban J connectivity index is 2.29. The second-order valence-corrected chi connectivity index (χ2v) is 4.75. The van der Waals surface area contributed by atoms with Crippen LogP contribution in [0.15, 0.2) is 36.4 Å². The molecule has 2 aromatic rings. The van der Waals surface area contributed by atoms with Gasteiger partial charge in [0, 0.05) is 19.8 Å². The number of hydrogen-bond donors (Lipinski definition) is 1. The third kappa shape index (κ3) is 3.25. The van der Waals surface area contributed by atoms with E-state index in [2.05, 4.69) is 10.3 Å². The number of anilines is 2. The average molecular weight is 306 g/mol. The van der Waals surface area contributed by atoms with Gasteiger partial charge >= 0.3 is 0 Å². The van der Waals surface area contributed by atoms with Gasteiger partial charge in [0.1, 0.15) is 17.3 Å². The third-order valence-electron chi connectivity index (χ3n) is 3.07. The predicted octanol–water partition coefficient (Wildman–Crippen LogP) is 3.06. The van der Waals surface area contributed by atoms with Crippen molar-refractivity contribution in [3.05, 3.63) is 47.1 Å². The number of pyridine rings is 1. The minimum Gasteiger partial charge on any atom is -0.497 e. The summed E-state index contributed by atoms with van der Waals surface area (Å²) in [6, 6.07) is 10.5. The van der Waals surface area contributed by atoms with Crippen molar-refractivity contribution >= 4 is 29.0 Å². The summed E-state index contributed by atoms with van der Waals surface area (Å²) in [7, 11) is 5.00. The normalized spacial score (nSPS) is 10.1. The molecule has 0 radical (unpaired) electrons. The van der Waals surface area contributed by atoms with Crippen LogP contribution in [-0.2, 0) is 0 Å². The maximum absolute atomic E-state index is 12.5. The number of amides is 1. The number of benzene rings is 1. The van der Waals surface area contributed by atoms with Crippen LogP contribution in [0.4, 0.5) is 11.5 Å². The summed E-state index contributed by atoms with van der Waals surface area (Å²) in [5.41, 5.74) is 0.940. The summed E-state index contributed by atoms with van der Waals surface area (Å²) in [6.07, 6.45) is 0. The quantitative estimate of drug-likeness (QED) is 0.943. The van der Waals surface area contributed by atoms with E-state index in [1.54, 1.807) is 57.6 Å². The van der Waals surface area contributed by atoms with E-state index in [1.165, 1.54) is 4.90 Å². The van der Waals surface area contributed by atoms with Crippen LogP contribution in [0.1, 0.15) is 10.5 Å². The Hall–Kier alpha value is -2.27. The highest BCUT2D eigenvalue weighted by Gasteiger charge is 2.18. The number of carbonyl (C=O) groups is 1. The molecule has 1 amide bonds. The molecule has 0 fully saturated rings. The lowest BCUT2D eigenvalue weighted by atomic mass is 10.2. The van der Waals surface area contributed by atoms with Crippen LogP contribution >= 0.6 is 11.6 Å². The van der Waals surface area contributed by atoms with Crippen molar-refractivity contribution in [2.24, 2.45) is 0 Å². The Labute approximate surface area is 128 Å². The molecule has 1 aromatic heterocycles. The molecule has 110 valence electrons. The lowest BCUT2D eigenvalue weighted by molar-refractivity contribution is 0.0988. The van der Waals surface area contributed by atoms with Crippen molar-refractivity contribution in [2.45, 2.75) is 0 Å². The minimum atomic E-state index is -0.276. The topological polar surface area (TPSA) is 54.5 Å². The summed E-state index contributed by atoms with van der Waals surface area (Å²) in [5.74, 6) is 1.04. The molecule has 0 atom stereocenters. The van der Waals surface area contributed by atoms with Gasteiger partial charge in [-0.1, -0.05) is 11.6 Å². The number of carbonyl (C=O) groups excluding carboxylic acids is 1. The van der Waals surface area contributed by atoms with Crippen LogP contribution in [0, 0.1) is 0 Å². The Bertz CT molecular complexity index is 644. The van der Waals surface area contributed by atoms with E-state index in [1.807, 2.05) is 0 Å². The maximum atomic E-state index is 12.5. The molecule has 0 aliphatic heterocycles. The molecule has 0 aliphatic carbocycles. The Morgan fingerprint density at radius 2 is 1.90 bits per heavy atom. The van der Waals surface area contributed by atoms with E-state index in [4.69, 9.17) is 16.3 Å². The zero-order chi connectivity index (χ0) is 15.4. The minimum absolute atomic E-state index is 0.210. The number of ether oxygens (including phenoxy) is 1. The van der Waals surface area contributed by atoms with Gasteiger partial charge in [-0.05, 0) is 36.4 Å². The highest BCUT2D eigenvalue weighted by Crippen LogP contribution is 2.23. The SMILES string of the molecule is CNc1ccc(Cl)c(C(=O)N(C)c2ccc(OC)cc2)n1. The summed E-state index contributed by atoms with van der Waals surface area (Å²) in [4.78, 5) is 18.2. The lowest BCUT2D eigenvalue weighted by Gasteiger charge is -2.18. The fraction of sp³-hybridized carbons (Fsp3) is 0.200. The van der Waals surface area contributed by atoms with Gasteiger partial charge in [-0.25, -0.2) is 4.98 Å². The highest BCUT2D eigenvalue weighted by molar-refractivity contribution is 6.34. The summed E-state index contributed by atoms with van der Waals surface area (Å²) in [5, 5.41) is 3.21. The molecular formula is C15H16ClN3O2. The lowest BCUT2D eigenvalue weighted by Crippen LogP contribution is -2.27. The Morgan fingerprint density at radius 3 is 2.48 bits per heavy atom. The number of halogens is 1. The molecule has 1 N–H and O–H groups in total. The van der Waals surface area contributed by atoms with Crippen LogP contribution in [0.25, 0.3) is 0 Å². The van der Waals surface area contributed by atoms with Gasteiger partial charge < -0.3 is 15.0 Å². The van der Waals surface area contributed by atoms with Gasteiger partial charge in [0.2, 0.25) is 0 Å². The van der Waals surface area contributed by atoms with Gasteiger partial charge in [0.05, 0.1) is 12.1 Å². The van der Waals surface area contributed by atoms with Crippen molar-refractivity contribution in [3.63, 3.8) is 0 Å². The first-order valence-corrected chi connectivity index (χ1v) is 6.71. The smallest absolute Gasteiger partial charge is 0.278 e. The van der Waals surface area contributed by atoms with E-state index >= 15 is 0 Å². The number of methoxy groups -OCH3 is 1. The molecule has 0 bridgehead atoms. The summed E-state index contributed by atoms with van der Waals surface area (Å²) in [6.45, 7) is 0. The molecule has 0 aliphatic rings. The summed E-state index contributed by atoms with van der Waals surface area (Å²) >= 11 is 6.07. The van der Waals surface area contributed by atoms with E-state index in [-0.39, 0.29) is 11.6 Å². The van der Waals surface area contributed by atoms with Crippen molar-refractivity contribution in [3.8, 4) is 5.75 Å². The molecular weight excluding hydrogens is 290 g/mol. The molecule has 6 heteroatoms. The molecule has 0 saturated heterocycles. The molecule has 0 saturated carbocycles. The standard InChI is InChI=1S/C15H16ClN3O2/c1-17-13-9-8-12(16)14(18-13)15(20)19(2)10-4-6-11(21-3)7-5-10/h4-9H,1-3H3,(H,17,18). The van der Waals surface area contributed by atoms with E-state index in [9.17, 15) is 4.79 Å². The Morgan fingerprint density at radius 1 is 1.24 bits per heavy atom. The number of rotatable bonds is 4. The van der Waals surface area contributed by atoms with Gasteiger partial charge in [0.15, 0.2) is 0 Å². The van der Waals surface area contributed by atoms with Crippen LogP contribution < -0.4 is 15.0 Å². The molecule has 5 nitrogen and oxygen atoms in total. The molecule has 2 rings (SSSR count). The van der Waals surface area contributed by atoms with Crippen LogP contribution in [-0.4, -0.2) is 32.1 Å². The third-order valence-corrected chi connectivity index (χ3v) is 3.37. The highest BCUT2D eigenvalue weighted by atomic mass is 35.5. The largest absolute Gasteiger partial charge is 0.497 e. The zero-order valence-corrected chi connectivity index (χ0v) is 12.8. The molecule has 21 heavy (non-hydrogen) atoms. The van der Waals surface area contributed by atoms with Crippen LogP contribution in [0.2, 0.25) is 5.02 Å². The monoisotopic (exact) mass is 305 g/mol. The first-order chi connectivity index (χ1) is 10.1. The van der Waals surface area contributed by atoms with Crippen LogP contribution in [0.5, 0.6) is 5.75 Å².